The molecule has 19 heavy (non-hydrogen) atoms. The molecule has 0 atom stereocenters. The van der Waals surface area contributed by atoms with Crippen molar-refractivity contribution in [3.05, 3.63) is 23.8 Å². The summed E-state index contributed by atoms with van der Waals surface area (Å²) in [5.74, 6) is 0.0568. The van der Waals surface area contributed by atoms with Crippen LogP contribution in [0.5, 0.6) is 5.75 Å². The number of carbonyl (C=O) groups is 1. The molecule has 3 rings (SSSR count). The van der Waals surface area contributed by atoms with Crippen molar-refractivity contribution >= 4 is 11.6 Å². The zero-order valence-electron chi connectivity index (χ0n) is 10.2. The van der Waals surface area contributed by atoms with Gasteiger partial charge in [0.2, 0.25) is 5.91 Å². The van der Waals surface area contributed by atoms with E-state index >= 15 is 0 Å². The monoisotopic (exact) mass is 268 g/mol. The van der Waals surface area contributed by atoms with Crippen LogP contribution in [-0.4, -0.2) is 25.6 Å². The van der Waals surface area contributed by atoms with E-state index in [0.717, 1.165) is 18.7 Å². The lowest BCUT2D eigenvalue weighted by atomic mass is 9.74. The third-order valence-corrected chi connectivity index (χ3v) is 3.87. The average molecular weight is 268 g/mol. The number of hydrogen-bond donors (Lipinski definition) is 2. The van der Waals surface area contributed by atoms with E-state index < -0.39 is 12.0 Å². The average Bonchev–Trinajstić information content (AvgIpc) is 2.64. The van der Waals surface area contributed by atoms with Crippen LogP contribution in [0.1, 0.15) is 18.4 Å². The SMILES string of the molecule is O=C1Nc2ccc(OC(F)F)cc2C12CCNCC2. The highest BCUT2D eigenvalue weighted by Gasteiger charge is 2.47. The largest absolute Gasteiger partial charge is 0.435 e. The molecule has 0 radical (unpaired) electrons. The third kappa shape index (κ3) is 1.96. The van der Waals surface area contributed by atoms with E-state index in [1.54, 1.807) is 12.1 Å². The molecule has 0 bridgehead atoms. The molecule has 2 aliphatic rings. The lowest BCUT2D eigenvalue weighted by Gasteiger charge is -2.32. The number of benzene rings is 1. The Hall–Kier alpha value is -1.69. The molecule has 1 aromatic carbocycles. The van der Waals surface area contributed by atoms with Crippen LogP contribution in [0, 0.1) is 0 Å². The van der Waals surface area contributed by atoms with Gasteiger partial charge in [0.15, 0.2) is 0 Å². The Kier molecular flexibility index (Phi) is 2.89. The molecule has 6 heteroatoms. The molecular weight excluding hydrogens is 254 g/mol. The Morgan fingerprint density at radius 2 is 2.00 bits per heavy atom. The number of alkyl halides is 2. The summed E-state index contributed by atoms with van der Waals surface area (Å²) in [6, 6.07) is 4.64. The molecule has 1 spiro atoms. The zero-order valence-corrected chi connectivity index (χ0v) is 10.2. The van der Waals surface area contributed by atoms with Crippen LogP contribution in [0.3, 0.4) is 0 Å². The fourth-order valence-corrected chi connectivity index (χ4v) is 2.92. The van der Waals surface area contributed by atoms with Crippen LogP contribution in [-0.2, 0) is 10.2 Å². The number of carbonyl (C=O) groups excluding carboxylic acids is 1. The van der Waals surface area contributed by atoms with Gasteiger partial charge in [-0.25, -0.2) is 0 Å². The van der Waals surface area contributed by atoms with Crippen LogP contribution in [0.25, 0.3) is 0 Å². The summed E-state index contributed by atoms with van der Waals surface area (Å²) in [6.45, 7) is -1.37. The topological polar surface area (TPSA) is 50.4 Å². The Labute approximate surface area is 109 Å². The number of hydrogen-bond acceptors (Lipinski definition) is 3. The highest BCUT2D eigenvalue weighted by Crippen LogP contribution is 2.45. The van der Waals surface area contributed by atoms with Crippen LogP contribution < -0.4 is 15.4 Å². The number of nitrogens with one attached hydrogen (secondary N) is 2. The second kappa shape index (κ2) is 4.45. The van der Waals surface area contributed by atoms with E-state index in [4.69, 9.17) is 0 Å². The van der Waals surface area contributed by atoms with Gasteiger partial charge in [-0.05, 0) is 49.7 Å². The predicted molar refractivity (Wildman–Crippen MR) is 65.5 cm³/mol. The molecule has 0 aliphatic carbocycles. The standard InChI is InChI=1S/C13H14F2N2O2/c14-12(15)19-8-1-2-10-9(7-8)13(11(18)17-10)3-5-16-6-4-13/h1-2,7,12,16H,3-6H2,(H,17,18). The van der Waals surface area contributed by atoms with Crippen molar-refractivity contribution < 1.29 is 18.3 Å². The molecule has 4 nitrogen and oxygen atoms in total. The van der Waals surface area contributed by atoms with Crippen molar-refractivity contribution in [3.8, 4) is 5.75 Å². The Morgan fingerprint density at radius 3 is 2.68 bits per heavy atom. The summed E-state index contributed by atoms with van der Waals surface area (Å²) in [5, 5.41) is 6.03. The van der Waals surface area contributed by atoms with Crippen molar-refractivity contribution in [2.24, 2.45) is 0 Å². The van der Waals surface area contributed by atoms with Crippen LogP contribution in [0.15, 0.2) is 18.2 Å². The maximum absolute atomic E-state index is 12.3. The Bertz CT molecular complexity index is 513. The van der Waals surface area contributed by atoms with E-state index in [1.807, 2.05) is 0 Å². The number of piperidine rings is 1. The minimum absolute atomic E-state index is 0.0433. The van der Waals surface area contributed by atoms with Crippen molar-refractivity contribution in [1.82, 2.24) is 5.32 Å². The van der Waals surface area contributed by atoms with Gasteiger partial charge in [0.1, 0.15) is 5.75 Å². The molecular formula is C13H14F2N2O2. The van der Waals surface area contributed by atoms with Crippen molar-refractivity contribution in [2.45, 2.75) is 24.9 Å². The van der Waals surface area contributed by atoms with Gasteiger partial charge in [0.05, 0.1) is 5.41 Å². The minimum Gasteiger partial charge on any atom is -0.435 e. The summed E-state index contributed by atoms with van der Waals surface area (Å²) < 4.78 is 29.0. The van der Waals surface area contributed by atoms with E-state index in [0.29, 0.717) is 18.5 Å². The van der Waals surface area contributed by atoms with E-state index in [-0.39, 0.29) is 11.7 Å². The summed E-state index contributed by atoms with van der Waals surface area (Å²) in [7, 11) is 0. The first kappa shape index (κ1) is 12.3. The number of halogens is 2. The number of rotatable bonds is 2. The van der Waals surface area contributed by atoms with E-state index in [1.165, 1.54) is 6.07 Å². The second-order valence-corrected chi connectivity index (χ2v) is 4.87. The van der Waals surface area contributed by atoms with Gasteiger partial charge in [-0.3, -0.25) is 4.79 Å². The molecule has 0 saturated carbocycles. The molecule has 102 valence electrons. The number of anilines is 1. The number of ether oxygens (including phenoxy) is 1. The smallest absolute Gasteiger partial charge is 0.387 e. The molecule has 0 unspecified atom stereocenters. The third-order valence-electron chi connectivity index (χ3n) is 3.87. The Morgan fingerprint density at radius 1 is 1.26 bits per heavy atom. The number of fused-ring (bicyclic) bond motifs is 2. The van der Waals surface area contributed by atoms with E-state index in [9.17, 15) is 13.6 Å². The summed E-state index contributed by atoms with van der Waals surface area (Å²) in [6.07, 6.45) is 1.34. The lowest BCUT2D eigenvalue weighted by molar-refractivity contribution is -0.121. The number of amides is 1. The van der Waals surface area contributed by atoms with Gasteiger partial charge in [0, 0.05) is 5.69 Å². The molecule has 0 aromatic heterocycles. The molecule has 1 fully saturated rings. The predicted octanol–water partition coefficient (Wildman–Crippen LogP) is 1.86. The second-order valence-electron chi connectivity index (χ2n) is 4.87. The molecule has 1 amide bonds. The van der Waals surface area contributed by atoms with Gasteiger partial charge < -0.3 is 15.4 Å². The molecule has 2 N–H and O–H groups in total. The van der Waals surface area contributed by atoms with E-state index in [2.05, 4.69) is 15.4 Å². The highest BCUT2D eigenvalue weighted by atomic mass is 19.3. The van der Waals surface area contributed by atoms with Crippen molar-refractivity contribution in [1.29, 1.82) is 0 Å². The summed E-state index contributed by atoms with van der Waals surface area (Å²) >= 11 is 0. The summed E-state index contributed by atoms with van der Waals surface area (Å²) in [5.41, 5.74) is 0.882. The molecule has 1 saturated heterocycles. The van der Waals surface area contributed by atoms with Crippen LogP contribution >= 0.6 is 0 Å². The summed E-state index contributed by atoms with van der Waals surface area (Å²) in [4.78, 5) is 12.2. The minimum atomic E-state index is -2.85. The fourth-order valence-electron chi connectivity index (χ4n) is 2.92. The lowest BCUT2D eigenvalue weighted by Crippen LogP contribution is -2.44. The molecule has 2 heterocycles. The maximum Gasteiger partial charge on any atom is 0.387 e. The Balaban J connectivity index is 2.00. The maximum atomic E-state index is 12.3. The fraction of sp³-hybridized carbons (Fsp3) is 0.462. The van der Waals surface area contributed by atoms with Gasteiger partial charge >= 0.3 is 6.61 Å². The first-order valence-electron chi connectivity index (χ1n) is 6.23. The van der Waals surface area contributed by atoms with Gasteiger partial charge in [-0.1, -0.05) is 0 Å². The van der Waals surface area contributed by atoms with Gasteiger partial charge in [-0.15, -0.1) is 0 Å². The van der Waals surface area contributed by atoms with Crippen molar-refractivity contribution in [3.63, 3.8) is 0 Å². The van der Waals surface area contributed by atoms with Crippen LogP contribution in [0.2, 0.25) is 0 Å². The quantitative estimate of drug-likeness (QED) is 0.860. The van der Waals surface area contributed by atoms with Gasteiger partial charge in [-0.2, -0.15) is 8.78 Å². The van der Waals surface area contributed by atoms with Crippen molar-refractivity contribution in [2.75, 3.05) is 18.4 Å². The molecule has 2 aliphatic heterocycles. The van der Waals surface area contributed by atoms with Gasteiger partial charge in [0.25, 0.3) is 0 Å². The van der Waals surface area contributed by atoms with Crippen LogP contribution in [0.4, 0.5) is 14.5 Å². The molecule has 1 aromatic rings. The first-order chi connectivity index (χ1) is 9.12. The zero-order chi connectivity index (χ0) is 13.5. The first-order valence-corrected chi connectivity index (χ1v) is 6.23. The normalized spacial score (nSPS) is 20.5. The highest BCUT2D eigenvalue weighted by molar-refractivity contribution is 6.06.